The predicted molar refractivity (Wildman–Crippen MR) is 107 cm³/mol. The van der Waals surface area contributed by atoms with Crippen LogP contribution in [0.5, 0.6) is 0 Å². The number of fused-ring (bicyclic) bond motifs is 1. The van der Waals surface area contributed by atoms with Gasteiger partial charge in [0.1, 0.15) is 6.61 Å². The number of hydrogen-bond acceptors (Lipinski definition) is 5. The number of ether oxygens (including phenoxy) is 1. The standard InChI is InChI=1S/C21H21N3O4S/c1-15-4-2-6-17-14-28-21(25)24(20(15)17)18-8-10-23(11-9-18)29(26,27)19-7-3-5-16(12-19)13-22/h2-7,12,18H,8-11,14H2,1H3. The molecule has 0 unspecified atom stereocenters. The number of rotatable bonds is 3. The van der Waals surface area contributed by atoms with E-state index in [0.29, 0.717) is 31.5 Å². The number of nitriles is 1. The Balaban J connectivity index is 1.55. The number of aryl methyl sites for hydroxylation is 1. The number of piperidine rings is 1. The first-order valence-electron chi connectivity index (χ1n) is 9.46. The molecule has 0 aromatic heterocycles. The fourth-order valence-electron chi connectivity index (χ4n) is 4.03. The molecule has 150 valence electrons. The van der Waals surface area contributed by atoms with Crippen LogP contribution in [0.15, 0.2) is 47.4 Å². The molecule has 0 saturated carbocycles. The van der Waals surface area contributed by atoms with E-state index in [0.717, 1.165) is 16.8 Å². The zero-order chi connectivity index (χ0) is 20.6. The molecule has 4 rings (SSSR count). The van der Waals surface area contributed by atoms with E-state index in [2.05, 4.69) is 0 Å². The van der Waals surface area contributed by atoms with Crippen LogP contribution >= 0.6 is 0 Å². The van der Waals surface area contributed by atoms with Gasteiger partial charge in [-0.1, -0.05) is 24.3 Å². The lowest BCUT2D eigenvalue weighted by Crippen LogP contribution is -2.50. The van der Waals surface area contributed by atoms with Crippen molar-refractivity contribution in [3.05, 3.63) is 59.2 Å². The Morgan fingerprint density at radius 2 is 1.86 bits per heavy atom. The number of hydrogen-bond donors (Lipinski definition) is 0. The van der Waals surface area contributed by atoms with Crippen LogP contribution < -0.4 is 4.90 Å². The number of benzene rings is 2. The van der Waals surface area contributed by atoms with Crippen molar-refractivity contribution in [2.45, 2.75) is 37.3 Å². The first-order chi connectivity index (χ1) is 13.9. The van der Waals surface area contributed by atoms with Crippen LogP contribution in [0.2, 0.25) is 0 Å². The van der Waals surface area contributed by atoms with Gasteiger partial charge in [0.25, 0.3) is 0 Å². The third-order valence-electron chi connectivity index (χ3n) is 5.50. The van der Waals surface area contributed by atoms with Crippen LogP contribution in [0, 0.1) is 18.3 Å². The number of cyclic esters (lactones) is 1. The summed E-state index contributed by atoms with van der Waals surface area (Å²) in [6.45, 7) is 2.82. The first-order valence-corrected chi connectivity index (χ1v) is 10.9. The van der Waals surface area contributed by atoms with Crippen molar-refractivity contribution in [2.75, 3.05) is 18.0 Å². The van der Waals surface area contributed by atoms with Gasteiger partial charge in [0.2, 0.25) is 10.0 Å². The summed E-state index contributed by atoms with van der Waals surface area (Å²) < 4.78 is 32.7. The summed E-state index contributed by atoms with van der Waals surface area (Å²) in [4.78, 5) is 14.3. The molecule has 2 aromatic carbocycles. The van der Waals surface area contributed by atoms with Crippen molar-refractivity contribution >= 4 is 21.8 Å². The van der Waals surface area contributed by atoms with Crippen molar-refractivity contribution in [3.63, 3.8) is 0 Å². The molecule has 29 heavy (non-hydrogen) atoms. The molecule has 2 aliphatic heterocycles. The van der Waals surface area contributed by atoms with E-state index < -0.39 is 10.0 Å². The Hall–Kier alpha value is -2.89. The Bertz CT molecular complexity index is 1100. The zero-order valence-electron chi connectivity index (χ0n) is 16.0. The molecule has 1 saturated heterocycles. The highest BCUT2D eigenvalue weighted by Gasteiger charge is 2.37. The molecule has 2 aliphatic rings. The van der Waals surface area contributed by atoms with Gasteiger partial charge in [-0.2, -0.15) is 9.57 Å². The maximum Gasteiger partial charge on any atom is 0.414 e. The average molecular weight is 411 g/mol. The van der Waals surface area contributed by atoms with Gasteiger partial charge in [-0.25, -0.2) is 13.2 Å². The molecule has 0 atom stereocenters. The molecule has 2 aromatic rings. The highest BCUT2D eigenvalue weighted by molar-refractivity contribution is 7.89. The lowest BCUT2D eigenvalue weighted by Gasteiger charge is -2.40. The Morgan fingerprint density at radius 3 is 2.59 bits per heavy atom. The molecule has 2 heterocycles. The number of para-hydroxylation sites is 1. The SMILES string of the molecule is Cc1cccc2c1N(C1CCN(S(=O)(=O)c3cccc(C#N)c3)CC1)C(=O)OC2. The van der Waals surface area contributed by atoms with Gasteiger partial charge in [0, 0.05) is 24.7 Å². The Labute approximate surface area is 170 Å². The summed E-state index contributed by atoms with van der Waals surface area (Å²) in [6.07, 6.45) is 0.648. The minimum atomic E-state index is -3.68. The second-order valence-electron chi connectivity index (χ2n) is 7.28. The van der Waals surface area contributed by atoms with E-state index in [1.54, 1.807) is 17.0 Å². The van der Waals surface area contributed by atoms with Gasteiger partial charge >= 0.3 is 6.09 Å². The van der Waals surface area contributed by atoms with Crippen LogP contribution in [-0.2, 0) is 21.4 Å². The van der Waals surface area contributed by atoms with Crippen LogP contribution in [0.1, 0.15) is 29.5 Å². The van der Waals surface area contributed by atoms with Gasteiger partial charge in [-0.15, -0.1) is 0 Å². The molecule has 0 aliphatic carbocycles. The van der Waals surface area contributed by atoms with Gasteiger partial charge in [0.05, 0.1) is 22.2 Å². The number of carbonyl (C=O) groups is 1. The second kappa shape index (κ2) is 7.50. The van der Waals surface area contributed by atoms with Crippen molar-refractivity contribution < 1.29 is 17.9 Å². The first kappa shape index (κ1) is 19.4. The average Bonchev–Trinajstić information content (AvgIpc) is 2.74. The number of nitrogens with zero attached hydrogens (tertiary/aromatic N) is 3. The number of amides is 1. The third-order valence-corrected chi connectivity index (χ3v) is 7.39. The van der Waals surface area contributed by atoms with Crippen LogP contribution in [0.25, 0.3) is 0 Å². The molecule has 8 heteroatoms. The summed E-state index contributed by atoms with van der Waals surface area (Å²) in [5, 5.41) is 9.04. The van der Waals surface area contributed by atoms with Gasteiger partial charge in [-0.3, -0.25) is 4.90 Å². The molecular weight excluding hydrogens is 390 g/mol. The molecule has 7 nitrogen and oxygen atoms in total. The monoisotopic (exact) mass is 411 g/mol. The maximum absolute atomic E-state index is 13.0. The van der Waals surface area contributed by atoms with Crippen molar-refractivity contribution in [3.8, 4) is 6.07 Å². The summed E-state index contributed by atoms with van der Waals surface area (Å²) in [7, 11) is -3.68. The molecule has 1 amide bonds. The van der Waals surface area contributed by atoms with E-state index in [1.165, 1.54) is 16.4 Å². The minimum Gasteiger partial charge on any atom is -0.444 e. The number of carbonyl (C=O) groups excluding carboxylic acids is 1. The summed E-state index contributed by atoms with van der Waals surface area (Å²) in [5.41, 5.74) is 3.16. The molecular formula is C21H21N3O4S. The van der Waals surface area contributed by atoms with Crippen LogP contribution in [0.3, 0.4) is 0 Å². The van der Waals surface area contributed by atoms with Crippen molar-refractivity contribution in [1.29, 1.82) is 5.26 Å². The highest BCUT2D eigenvalue weighted by Crippen LogP contribution is 2.35. The molecule has 0 bridgehead atoms. The fraction of sp³-hybridized carbons (Fsp3) is 0.333. The van der Waals surface area contributed by atoms with Gasteiger partial charge in [0.15, 0.2) is 0 Å². The van der Waals surface area contributed by atoms with E-state index in [4.69, 9.17) is 10.00 Å². The van der Waals surface area contributed by atoms with Crippen LogP contribution in [0.4, 0.5) is 10.5 Å². The molecule has 0 N–H and O–H groups in total. The van der Waals surface area contributed by atoms with Crippen molar-refractivity contribution in [1.82, 2.24) is 4.31 Å². The fourth-order valence-corrected chi connectivity index (χ4v) is 5.54. The minimum absolute atomic E-state index is 0.119. The van der Waals surface area contributed by atoms with E-state index in [9.17, 15) is 13.2 Å². The smallest absolute Gasteiger partial charge is 0.414 e. The second-order valence-corrected chi connectivity index (χ2v) is 9.22. The van der Waals surface area contributed by atoms with E-state index >= 15 is 0 Å². The van der Waals surface area contributed by atoms with Gasteiger partial charge < -0.3 is 4.74 Å². The number of anilines is 1. The summed E-state index contributed by atoms with van der Waals surface area (Å²) in [6, 6.07) is 13.7. The lowest BCUT2D eigenvalue weighted by atomic mass is 10.00. The van der Waals surface area contributed by atoms with E-state index in [-0.39, 0.29) is 23.6 Å². The Morgan fingerprint density at radius 1 is 1.14 bits per heavy atom. The largest absolute Gasteiger partial charge is 0.444 e. The van der Waals surface area contributed by atoms with Crippen molar-refractivity contribution in [2.24, 2.45) is 0 Å². The highest BCUT2D eigenvalue weighted by atomic mass is 32.2. The summed E-state index contributed by atoms with van der Waals surface area (Å²) in [5.74, 6) is 0. The number of sulfonamides is 1. The third kappa shape index (κ3) is 3.48. The van der Waals surface area contributed by atoms with E-state index in [1.807, 2.05) is 31.2 Å². The lowest BCUT2D eigenvalue weighted by molar-refractivity contribution is 0.135. The molecule has 0 spiro atoms. The molecule has 1 fully saturated rings. The predicted octanol–water partition coefficient (Wildman–Crippen LogP) is 3.18. The van der Waals surface area contributed by atoms with Gasteiger partial charge in [-0.05, 0) is 43.5 Å². The maximum atomic E-state index is 13.0. The Kier molecular flexibility index (Phi) is 5.03. The zero-order valence-corrected chi connectivity index (χ0v) is 16.9. The topological polar surface area (TPSA) is 90.7 Å². The molecule has 0 radical (unpaired) electrons. The quantitative estimate of drug-likeness (QED) is 0.774. The summed E-state index contributed by atoms with van der Waals surface area (Å²) >= 11 is 0. The van der Waals surface area contributed by atoms with Crippen LogP contribution in [-0.4, -0.2) is 37.9 Å². The normalized spacial score (nSPS) is 18.1.